The quantitative estimate of drug-likeness (QED) is 0.327. The fraction of sp³-hybridized carbons (Fsp3) is 0.0769. The van der Waals surface area contributed by atoms with E-state index in [-0.39, 0.29) is 12.5 Å². The van der Waals surface area contributed by atoms with Gasteiger partial charge < -0.3 is 25.5 Å². The molecule has 7 nitrogen and oxygen atoms in total. The number of amides is 1. The van der Waals surface area contributed by atoms with Crippen molar-refractivity contribution < 1.29 is 14.3 Å². The van der Waals surface area contributed by atoms with E-state index in [0.717, 1.165) is 39.8 Å². The summed E-state index contributed by atoms with van der Waals surface area (Å²) in [5.41, 5.74) is 14.4. The Morgan fingerprint density at radius 1 is 0.758 bits per heavy atom. The maximum absolute atomic E-state index is 12.4. The molecule has 4 rings (SSSR count). The van der Waals surface area contributed by atoms with Crippen LogP contribution < -0.4 is 20.9 Å². The zero-order valence-corrected chi connectivity index (χ0v) is 18.1. The Bertz CT molecular complexity index is 1260. The number of aromatic nitrogens is 1. The topological polar surface area (TPSA) is 105 Å². The predicted molar refractivity (Wildman–Crippen MR) is 129 cm³/mol. The maximum atomic E-state index is 12.4. The van der Waals surface area contributed by atoms with E-state index in [1.54, 1.807) is 7.11 Å². The van der Waals surface area contributed by atoms with Crippen molar-refractivity contribution in [1.82, 2.24) is 4.57 Å². The van der Waals surface area contributed by atoms with Crippen LogP contribution in [0.4, 0.5) is 0 Å². The molecule has 0 unspecified atom stereocenters. The molecule has 33 heavy (non-hydrogen) atoms. The fourth-order valence-electron chi connectivity index (χ4n) is 3.54. The summed E-state index contributed by atoms with van der Waals surface area (Å²) in [6.07, 6.45) is 0. The molecule has 1 heterocycles. The standard InChI is InChI=1S/C26H24N4O3/c1-32-20-11-7-18(8-12-20)23-15-16-24(30(23)17-25(31)29-26(27)28)19-9-13-22(14-10-19)33-21-5-3-2-4-6-21/h2-16H,17H2,1H3,(H4,27,28,29,31). The molecule has 0 aliphatic rings. The number of methoxy groups -OCH3 is 1. The lowest BCUT2D eigenvalue weighted by atomic mass is 10.1. The van der Waals surface area contributed by atoms with E-state index in [0.29, 0.717) is 0 Å². The fourth-order valence-corrected chi connectivity index (χ4v) is 3.54. The third-order valence-corrected chi connectivity index (χ3v) is 5.04. The third kappa shape index (κ3) is 5.22. The molecular formula is C26H24N4O3. The van der Waals surface area contributed by atoms with E-state index in [4.69, 9.17) is 20.9 Å². The van der Waals surface area contributed by atoms with Gasteiger partial charge in [0, 0.05) is 11.4 Å². The Labute approximate surface area is 191 Å². The van der Waals surface area contributed by atoms with Gasteiger partial charge in [0.05, 0.1) is 7.11 Å². The van der Waals surface area contributed by atoms with Crippen LogP contribution in [0.5, 0.6) is 17.2 Å². The van der Waals surface area contributed by atoms with Gasteiger partial charge in [-0.2, -0.15) is 4.99 Å². The van der Waals surface area contributed by atoms with Crippen molar-refractivity contribution in [3.63, 3.8) is 0 Å². The van der Waals surface area contributed by atoms with Crippen LogP contribution in [0.2, 0.25) is 0 Å². The molecule has 1 amide bonds. The summed E-state index contributed by atoms with van der Waals surface area (Å²) < 4.78 is 13.0. The molecule has 0 aliphatic carbocycles. The number of guanidine groups is 1. The Morgan fingerprint density at radius 2 is 1.27 bits per heavy atom. The van der Waals surface area contributed by atoms with E-state index in [2.05, 4.69) is 4.99 Å². The molecule has 1 aromatic heterocycles. The van der Waals surface area contributed by atoms with Crippen molar-refractivity contribution in [2.24, 2.45) is 16.5 Å². The molecule has 4 N–H and O–H groups in total. The van der Waals surface area contributed by atoms with Crippen LogP contribution in [-0.4, -0.2) is 23.5 Å². The Balaban J connectivity index is 1.68. The van der Waals surface area contributed by atoms with Gasteiger partial charge in [-0.05, 0) is 83.9 Å². The highest BCUT2D eigenvalue weighted by molar-refractivity contribution is 5.92. The summed E-state index contributed by atoms with van der Waals surface area (Å²) in [5, 5.41) is 0. The van der Waals surface area contributed by atoms with Gasteiger partial charge in [-0.1, -0.05) is 18.2 Å². The number of hydrogen-bond acceptors (Lipinski definition) is 3. The summed E-state index contributed by atoms with van der Waals surface area (Å²) in [4.78, 5) is 16.1. The van der Waals surface area contributed by atoms with Gasteiger partial charge in [-0.25, -0.2) is 0 Å². The first-order valence-electron chi connectivity index (χ1n) is 10.3. The number of ether oxygens (including phenoxy) is 2. The SMILES string of the molecule is COc1ccc(-c2ccc(-c3ccc(Oc4ccccc4)cc3)n2CC(=O)N=C(N)N)cc1. The number of hydrogen-bond donors (Lipinski definition) is 2. The van der Waals surface area contributed by atoms with Crippen molar-refractivity contribution in [3.8, 4) is 39.8 Å². The normalized spacial score (nSPS) is 10.5. The Hall–Kier alpha value is -4.52. The van der Waals surface area contributed by atoms with Crippen LogP contribution in [0.25, 0.3) is 22.5 Å². The smallest absolute Gasteiger partial charge is 0.268 e. The zero-order valence-electron chi connectivity index (χ0n) is 18.1. The van der Waals surface area contributed by atoms with Gasteiger partial charge in [0.1, 0.15) is 23.8 Å². The largest absolute Gasteiger partial charge is 0.497 e. The molecule has 0 radical (unpaired) electrons. The van der Waals surface area contributed by atoms with Crippen molar-refractivity contribution in [2.75, 3.05) is 7.11 Å². The molecule has 0 bridgehead atoms. The molecule has 3 aromatic carbocycles. The molecule has 0 spiro atoms. The molecular weight excluding hydrogens is 416 g/mol. The minimum atomic E-state index is -0.439. The van der Waals surface area contributed by atoms with Crippen molar-refractivity contribution in [2.45, 2.75) is 6.54 Å². The van der Waals surface area contributed by atoms with Gasteiger partial charge in [0.2, 0.25) is 0 Å². The van der Waals surface area contributed by atoms with Crippen molar-refractivity contribution in [1.29, 1.82) is 0 Å². The molecule has 4 aromatic rings. The summed E-state index contributed by atoms with van der Waals surface area (Å²) >= 11 is 0. The van der Waals surface area contributed by atoms with Crippen LogP contribution in [-0.2, 0) is 11.3 Å². The number of nitrogens with two attached hydrogens (primary N) is 2. The second kappa shape index (κ2) is 9.74. The second-order valence-corrected chi connectivity index (χ2v) is 7.29. The van der Waals surface area contributed by atoms with Gasteiger partial charge in [-0.3, -0.25) is 4.79 Å². The van der Waals surface area contributed by atoms with E-state index >= 15 is 0 Å². The van der Waals surface area contributed by atoms with Crippen LogP contribution in [0.3, 0.4) is 0 Å². The average molecular weight is 441 g/mol. The summed E-state index contributed by atoms with van der Waals surface area (Å²) in [6, 6.07) is 28.8. The van der Waals surface area contributed by atoms with E-state index in [1.807, 2.05) is 95.6 Å². The minimum absolute atomic E-state index is 0.0101. The first kappa shape index (κ1) is 21.7. The third-order valence-electron chi connectivity index (χ3n) is 5.04. The number of aliphatic imine (C=N–C) groups is 1. The van der Waals surface area contributed by atoms with Crippen LogP contribution in [0.15, 0.2) is 96.0 Å². The monoisotopic (exact) mass is 440 g/mol. The highest BCUT2D eigenvalue weighted by Gasteiger charge is 2.15. The van der Waals surface area contributed by atoms with Crippen LogP contribution in [0, 0.1) is 0 Å². The number of carbonyl (C=O) groups excluding carboxylic acids is 1. The van der Waals surface area contributed by atoms with E-state index in [1.165, 1.54) is 0 Å². The molecule has 0 aliphatic heterocycles. The molecule has 0 saturated carbocycles. The molecule has 0 saturated heterocycles. The minimum Gasteiger partial charge on any atom is -0.497 e. The van der Waals surface area contributed by atoms with E-state index < -0.39 is 5.91 Å². The average Bonchev–Trinajstić information content (AvgIpc) is 3.23. The zero-order chi connectivity index (χ0) is 23.2. The Morgan fingerprint density at radius 3 is 1.79 bits per heavy atom. The lowest BCUT2D eigenvalue weighted by Gasteiger charge is -2.13. The number of nitrogens with zero attached hydrogens (tertiary/aromatic N) is 2. The molecule has 0 fully saturated rings. The van der Waals surface area contributed by atoms with Gasteiger partial charge in [0.25, 0.3) is 5.91 Å². The summed E-state index contributed by atoms with van der Waals surface area (Å²) in [6.45, 7) is -0.0101. The molecule has 7 heteroatoms. The van der Waals surface area contributed by atoms with Crippen LogP contribution in [0.1, 0.15) is 0 Å². The second-order valence-electron chi connectivity index (χ2n) is 7.29. The lowest BCUT2D eigenvalue weighted by Crippen LogP contribution is -2.25. The summed E-state index contributed by atoms with van der Waals surface area (Å²) in [5.74, 6) is 1.53. The first-order chi connectivity index (χ1) is 16.0. The summed E-state index contributed by atoms with van der Waals surface area (Å²) in [7, 11) is 1.62. The van der Waals surface area contributed by atoms with E-state index in [9.17, 15) is 4.79 Å². The number of carbonyl (C=O) groups is 1. The molecule has 166 valence electrons. The van der Waals surface area contributed by atoms with Gasteiger partial charge in [0.15, 0.2) is 5.96 Å². The first-order valence-corrected chi connectivity index (χ1v) is 10.3. The predicted octanol–water partition coefficient (Wildman–Crippen LogP) is 4.42. The highest BCUT2D eigenvalue weighted by atomic mass is 16.5. The number of benzene rings is 3. The number of rotatable bonds is 7. The number of para-hydroxylation sites is 1. The lowest BCUT2D eigenvalue weighted by molar-refractivity contribution is -0.118. The molecule has 0 atom stereocenters. The maximum Gasteiger partial charge on any atom is 0.268 e. The van der Waals surface area contributed by atoms with Crippen molar-refractivity contribution >= 4 is 11.9 Å². The van der Waals surface area contributed by atoms with Crippen molar-refractivity contribution in [3.05, 3.63) is 91.0 Å². The van der Waals surface area contributed by atoms with Gasteiger partial charge in [-0.15, -0.1) is 0 Å². The Kier molecular flexibility index (Phi) is 6.40. The van der Waals surface area contributed by atoms with Crippen LogP contribution >= 0.6 is 0 Å². The highest BCUT2D eigenvalue weighted by Crippen LogP contribution is 2.32. The van der Waals surface area contributed by atoms with Gasteiger partial charge >= 0.3 is 0 Å².